The highest BCUT2D eigenvalue weighted by Crippen LogP contribution is 2.29. The average molecular weight is 252 g/mol. The van der Waals surface area contributed by atoms with Crippen LogP contribution in [0.15, 0.2) is 48.8 Å². The van der Waals surface area contributed by atoms with Crippen LogP contribution >= 0.6 is 0 Å². The normalized spacial score (nSPS) is 17.6. The molecule has 1 N–H and O–H groups in total. The second kappa shape index (κ2) is 5.22. The zero-order valence-corrected chi connectivity index (χ0v) is 10.7. The van der Waals surface area contributed by atoms with E-state index < -0.39 is 0 Å². The molecule has 3 nitrogen and oxygen atoms in total. The predicted molar refractivity (Wildman–Crippen MR) is 73.8 cm³/mol. The molecule has 0 saturated carbocycles. The Morgan fingerprint density at radius 1 is 1.16 bits per heavy atom. The Labute approximate surface area is 112 Å². The molecule has 0 radical (unpaired) electrons. The molecular formula is C16H16N2O. The van der Waals surface area contributed by atoms with Gasteiger partial charge < -0.3 is 5.32 Å². The molecular weight excluding hydrogens is 236 g/mol. The van der Waals surface area contributed by atoms with Gasteiger partial charge in [-0.3, -0.25) is 9.78 Å². The minimum atomic E-state index is -0.0240. The van der Waals surface area contributed by atoms with Gasteiger partial charge >= 0.3 is 0 Å². The minimum absolute atomic E-state index is 0.0240. The van der Waals surface area contributed by atoms with E-state index in [1.165, 1.54) is 11.1 Å². The van der Waals surface area contributed by atoms with Crippen LogP contribution in [0.25, 0.3) is 0 Å². The average Bonchev–Trinajstić information content (AvgIpc) is 2.48. The Balaban J connectivity index is 1.80. The van der Waals surface area contributed by atoms with Crippen molar-refractivity contribution < 1.29 is 4.79 Å². The van der Waals surface area contributed by atoms with Crippen LogP contribution in [-0.4, -0.2) is 10.9 Å². The van der Waals surface area contributed by atoms with E-state index in [0.717, 1.165) is 19.3 Å². The maximum absolute atomic E-state index is 12.2. The van der Waals surface area contributed by atoms with Crippen molar-refractivity contribution in [2.24, 2.45) is 0 Å². The Kier molecular flexibility index (Phi) is 3.27. The summed E-state index contributed by atoms with van der Waals surface area (Å²) < 4.78 is 0. The number of amides is 1. The fourth-order valence-corrected chi connectivity index (χ4v) is 2.65. The number of nitrogens with zero attached hydrogens (tertiary/aromatic N) is 1. The molecule has 2 aromatic rings. The van der Waals surface area contributed by atoms with Gasteiger partial charge in [-0.1, -0.05) is 24.3 Å². The first kappa shape index (κ1) is 11.9. The van der Waals surface area contributed by atoms with Crippen molar-refractivity contribution in [2.45, 2.75) is 25.3 Å². The molecule has 1 amide bonds. The third-order valence-corrected chi connectivity index (χ3v) is 3.62. The van der Waals surface area contributed by atoms with Crippen molar-refractivity contribution in [3.63, 3.8) is 0 Å². The standard InChI is InChI=1S/C16H16N2O/c19-16(13-8-10-17-11-9-13)18-15-7-3-5-12-4-1-2-6-14(12)15/h1-2,4,6,8-11,15H,3,5,7H2,(H,18,19). The Morgan fingerprint density at radius 2 is 1.95 bits per heavy atom. The van der Waals surface area contributed by atoms with Crippen molar-refractivity contribution in [2.75, 3.05) is 0 Å². The van der Waals surface area contributed by atoms with E-state index in [9.17, 15) is 4.79 Å². The van der Waals surface area contributed by atoms with Gasteiger partial charge in [0.1, 0.15) is 0 Å². The first-order chi connectivity index (χ1) is 9.34. The number of pyridine rings is 1. The lowest BCUT2D eigenvalue weighted by Crippen LogP contribution is -2.30. The molecule has 0 fully saturated rings. The molecule has 3 heteroatoms. The number of benzene rings is 1. The molecule has 1 aliphatic rings. The van der Waals surface area contributed by atoms with Gasteiger partial charge in [-0.05, 0) is 42.5 Å². The van der Waals surface area contributed by atoms with Crippen molar-refractivity contribution in [3.05, 3.63) is 65.5 Å². The van der Waals surface area contributed by atoms with E-state index in [4.69, 9.17) is 0 Å². The van der Waals surface area contributed by atoms with Crippen LogP contribution in [-0.2, 0) is 6.42 Å². The summed E-state index contributed by atoms with van der Waals surface area (Å²) in [6.07, 6.45) is 6.53. The smallest absolute Gasteiger partial charge is 0.251 e. The molecule has 0 spiro atoms. The van der Waals surface area contributed by atoms with Gasteiger partial charge in [0.05, 0.1) is 6.04 Å². The summed E-state index contributed by atoms with van der Waals surface area (Å²) in [5.41, 5.74) is 3.28. The summed E-state index contributed by atoms with van der Waals surface area (Å²) in [5.74, 6) is -0.0240. The molecule has 19 heavy (non-hydrogen) atoms. The van der Waals surface area contributed by atoms with Gasteiger partial charge in [0, 0.05) is 18.0 Å². The number of nitrogens with one attached hydrogen (secondary N) is 1. The molecule has 1 unspecified atom stereocenters. The first-order valence-electron chi connectivity index (χ1n) is 6.63. The predicted octanol–water partition coefficient (Wildman–Crippen LogP) is 2.89. The second-order valence-electron chi connectivity index (χ2n) is 4.85. The van der Waals surface area contributed by atoms with E-state index in [2.05, 4.69) is 28.5 Å². The third kappa shape index (κ3) is 2.50. The van der Waals surface area contributed by atoms with Crippen molar-refractivity contribution in [1.29, 1.82) is 0 Å². The summed E-state index contributed by atoms with van der Waals surface area (Å²) in [4.78, 5) is 16.1. The zero-order valence-electron chi connectivity index (χ0n) is 10.7. The minimum Gasteiger partial charge on any atom is -0.345 e. The number of carbonyl (C=O) groups excluding carboxylic acids is 1. The van der Waals surface area contributed by atoms with Gasteiger partial charge in [0.25, 0.3) is 5.91 Å². The number of carbonyl (C=O) groups is 1. The summed E-state index contributed by atoms with van der Waals surface area (Å²) in [6.45, 7) is 0. The quantitative estimate of drug-likeness (QED) is 0.893. The van der Waals surface area contributed by atoms with E-state index in [1.807, 2.05) is 6.07 Å². The highest BCUT2D eigenvalue weighted by atomic mass is 16.1. The second-order valence-corrected chi connectivity index (χ2v) is 4.85. The van der Waals surface area contributed by atoms with Crippen LogP contribution in [0.2, 0.25) is 0 Å². The van der Waals surface area contributed by atoms with Gasteiger partial charge in [-0.15, -0.1) is 0 Å². The van der Waals surface area contributed by atoms with Crippen LogP contribution < -0.4 is 5.32 Å². The molecule has 0 saturated heterocycles. The highest BCUT2D eigenvalue weighted by molar-refractivity contribution is 5.94. The third-order valence-electron chi connectivity index (χ3n) is 3.62. The van der Waals surface area contributed by atoms with Crippen LogP contribution in [0.5, 0.6) is 0 Å². The molecule has 1 aromatic carbocycles. The molecule has 96 valence electrons. The Hall–Kier alpha value is -2.16. The number of fused-ring (bicyclic) bond motifs is 1. The largest absolute Gasteiger partial charge is 0.345 e. The van der Waals surface area contributed by atoms with Crippen LogP contribution in [0, 0.1) is 0 Å². The maximum atomic E-state index is 12.2. The lowest BCUT2D eigenvalue weighted by Gasteiger charge is -2.26. The van der Waals surface area contributed by atoms with Gasteiger partial charge in [-0.2, -0.15) is 0 Å². The van der Waals surface area contributed by atoms with Crippen LogP contribution in [0.4, 0.5) is 0 Å². The lowest BCUT2D eigenvalue weighted by atomic mass is 9.87. The van der Waals surface area contributed by atoms with E-state index in [1.54, 1.807) is 24.5 Å². The van der Waals surface area contributed by atoms with Gasteiger partial charge in [-0.25, -0.2) is 0 Å². The number of rotatable bonds is 2. The van der Waals surface area contributed by atoms with E-state index >= 15 is 0 Å². The van der Waals surface area contributed by atoms with Crippen LogP contribution in [0.3, 0.4) is 0 Å². The number of hydrogen-bond donors (Lipinski definition) is 1. The van der Waals surface area contributed by atoms with Crippen molar-refractivity contribution >= 4 is 5.91 Å². The fourth-order valence-electron chi connectivity index (χ4n) is 2.65. The summed E-state index contributed by atoms with van der Waals surface area (Å²) in [7, 11) is 0. The molecule has 3 rings (SSSR count). The fraction of sp³-hybridized carbons (Fsp3) is 0.250. The summed E-state index contributed by atoms with van der Waals surface area (Å²) >= 11 is 0. The summed E-state index contributed by atoms with van der Waals surface area (Å²) in [6, 6.07) is 12.0. The van der Waals surface area contributed by atoms with Crippen LogP contribution in [0.1, 0.15) is 40.4 Å². The first-order valence-corrected chi connectivity index (χ1v) is 6.63. The number of aromatic nitrogens is 1. The molecule has 1 aromatic heterocycles. The lowest BCUT2D eigenvalue weighted by molar-refractivity contribution is 0.0932. The Bertz CT molecular complexity index is 580. The van der Waals surface area contributed by atoms with Crippen molar-refractivity contribution in [3.8, 4) is 0 Å². The van der Waals surface area contributed by atoms with Crippen molar-refractivity contribution in [1.82, 2.24) is 10.3 Å². The SMILES string of the molecule is O=C(NC1CCCc2ccccc21)c1ccncc1. The van der Waals surface area contributed by atoms with Gasteiger partial charge in [0.2, 0.25) is 0 Å². The zero-order chi connectivity index (χ0) is 13.1. The topological polar surface area (TPSA) is 42.0 Å². The molecule has 1 atom stereocenters. The molecule has 0 bridgehead atoms. The Morgan fingerprint density at radius 3 is 2.79 bits per heavy atom. The molecule has 1 heterocycles. The monoisotopic (exact) mass is 252 g/mol. The maximum Gasteiger partial charge on any atom is 0.251 e. The highest BCUT2D eigenvalue weighted by Gasteiger charge is 2.21. The number of aryl methyl sites for hydroxylation is 1. The van der Waals surface area contributed by atoms with E-state index in [-0.39, 0.29) is 11.9 Å². The van der Waals surface area contributed by atoms with E-state index in [0.29, 0.717) is 5.56 Å². The number of hydrogen-bond acceptors (Lipinski definition) is 2. The van der Waals surface area contributed by atoms with Gasteiger partial charge in [0.15, 0.2) is 0 Å². The summed E-state index contributed by atoms with van der Waals surface area (Å²) in [5, 5.41) is 3.12. The molecule has 0 aliphatic heterocycles. The molecule has 1 aliphatic carbocycles.